The van der Waals surface area contributed by atoms with Crippen molar-refractivity contribution in [3.8, 4) is 16.8 Å². The molecule has 0 fully saturated rings. The summed E-state index contributed by atoms with van der Waals surface area (Å²) in [5.74, 6) is 0. The van der Waals surface area contributed by atoms with E-state index in [0.717, 1.165) is 17.1 Å². The zero-order valence-electron chi connectivity index (χ0n) is 19.7. The molecule has 0 unspecified atom stereocenters. The van der Waals surface area contributed by atoms with Gasteiger partial charge in [-0.15, -0.1) is 0 Å². The molecule has 0 saturated heterocycles. The third kappa shape index (κ3) is 3.43. The van der Waals surface area contributed by atoms with Crippen molar-refractivity contribution in [3.05, 3.63) is 140 Å². The SMILES string of the molecule is c1ccc2c(-c3ccc(Nc4ccc(-n5c6ccccc6c6ccccc65)cc4)cc3)cccc2c1. The van der Waals surface area contributed by atoms with Crippen LogP contribution in [-0.2, 0) is 0 Å². The van der Waals surface area contributed by atoms with Gasteiger partial charge in [0, 0.05) is 27.8 Å². The first-order chi connectivity index (χ1) is 17.8. The van der Waals surface area contributed by atoms with E-state index in [9.17, 15) is 0 Å². The summed E-state index contributed by atoms with van der Waals surface area (Å²) in [6.45, 7) is 0. The van der Waals surface area contributed by atoms with Gasteiger partial charge in [0.05, 0.1) is 11.0 Å². The molecule has 0 spiro atoms. The van der Waals surface area contributed by atoms with Crippen molar-refractivity contribution in [2.75, 3.05) is 5.32 Å². The third-order valence-corrected chi connectivity index (χ3v) is 6.98. The number of hydrogen-bond donors (Lipinski definition) is 1. The number of hydrogen-bond acceptors (Lipinski definition) is 1. The van der Waals surface area contributed by atoms with Gasteiger partial charge in [-0.05, 0) is 70.4 Å². The van der Waals surface area contributed by atoms with Crippen LogP contribution in [0.5, 0.6) is 0 Å². The summed E-state index contributed by atoms with van der Waals surface area (Å²) in [6.07, 6.45) is 0. The number of rotatable bonds is 4. The molecule has 0 aliphatic heterocycles. The van der Waals surface area contributed by atoms with Gasteiger partial charge in [0.15, 0.2) is 0 Å². The Labute approximate surface area is 210 Å². The number of aromatic nitrogens is 1. The van der Waals surface area contributed by atoms with Crippen LogP contribution in [0, 0.1) is 0 Å². The van der Waals surface area contributed by atoms with Crippen LogP contribution in [0.1, 0.15) is 0 Å². The van der Waals surface area contributed by atoms with Crippen LogP contribution < -0.4 is 5.32 Å². The molecule has 170 valence electrons. The Morgan fingerprint density at radius 2 is 0.944 bits per heavy atom. The van der Waals surface area contributed by atoms with E-state index in [1.807, 2.05) is 0 Å². The van der Waals surface area contributed by atoms with E-state index >= 15 is 0 Å². The summed E-state index contributed by atoms with van der Waals surface area (Å²) < 4.78 is 2.34. The molecule has 0 aliphatic rings. The molecule has 1 heterocycles. The Balaban J connectivity index is 1.18. The fourth-order valence-corrected chi connectivity index (χ4v) is 5.27. The molecule has 2 heteroatoms. The number of fused-ring (bicyclic) bond motifs is 4. The maximum Gasteiger partial charge on any atom is 0.0541 e. The molecule has 1 aromatic heterocycles. The molecule has 0 radical (unpaired) electrons. The monoisotopic (exact) mass is 460 g/mol. The second-order valence-electron chi connectivity index (χ2n) is 9.15. The summed E-state index contributed by atoms with van der Waals surface area (Å²) in [4.78, 5) is 0. The Kier molecular flexibility index (Phi) is 4.82. The maximum absolute atomic E-state index is 3.56. The van der Waals surface area contributed by atoms with Gasteiger partial charge in [0.1, 0.15) is 0 Å². The zero-order valence-corrected chi connectivity index (χ0v) is 19.7. The van der Waals surface area contributed by atoms with E-state index in [1.165, 1.54) is 43.7 Å². The van der Waals surface area contributed by atoms with Gasteiger partial charge in [-0.25, -0.2) is 0 Å². The summed E-state index contributed by atoms with van der Waals surface area (Å²) in [6, 6.07) is 49.6. The van der Waals surface area contributed by atoms with Crippen LogP contribution in [0.2, 0.25) is 0 Å². The predicted octanol–water partition coefficient (Wildman–Crippen LogP) is 9.35. The minimum absolute atomic E-state index is 1.07. The van der Waals surface area contributed by atoms with Crippen LogP contribution in [0.15, 0.2) is 140 Å². The average molecular weight is 461 g/mol. The van der Waals surface area contributed by atoms with Gasteiger partial charge in [0.25, 0.3) is 0 Å². The van der Waals surface area contributed by atoms with Crippen molar-refractivity contribution in [1.29, 1.82) is 0 Å². The van der Waals surface area contributed by atoms with Crippen LogP contribution in [0.3, 0.4) is 0 Å². The smallest absolute Gasteiger partial charge is 0.0541 e. The molecule has 0 amide bonds. The molecule has 1 N–H and O–H groups in total. The second kappa shape index (κ2) is 8.44. The molecule has 0 bridgehead atoms. The molecule has 36 heavy (non-hydrogen) atoms. The second-order valence-corrected chi connectivity index (χ2v) is 9.15. The van der Waals surface area contributed by atoms with Crippen molar-refractivity contribution in [2.45, 2.75) is 0 Å². The number of nitrogens with one attached hydrogen (secondary N) is 1. The predicted molar refractivity (Wildman–Crippen MR) is 153 cm³/mol. The van der Waals surface area contributed by atoms with Crippen LogP contribution in [0.25, 0.3) is 49.4 Å². The Bertz CT molecular complexity index is 1780. The highest BCUT2D eigenvalue weighted by molar-refractivity contribution is 6.09. The van der Waals surface area contributed by atoms with E-state index in [-0.39, 0.29) is 0 Å². The number of anilines is 2. The molecule has 0 saturated carbocycles. The maximum atomic E-state index is 3.56. The van der Waals surface area contributed by atoms with Gasteiger partial charge >= 0.3 is 0 Å². The summed E-state index contributed by atoms with van der Waals surface area (Å²) in [7, 11) is 0. The quantitative estimate of drug-likeness (QED) is 0.277. The van der Waals surface area contributed by atoms with Crippen LogP contribution in [0.4, 0.5) is 11.4 Å². The average Bonchev–Trinajstić information content (AvgIpc) is 3.28. The molecule has 0 aliphatic carbocycles. The highest BCUT2D eigenvalue weighted by Crippen LogP contribution is 2.33. The Hall–Kier alpha value is -4.82. The molecular formula is C34H24N2. The minimum atomic E-state index is 1.07. The molecule has 0 atom stereocenters. The highest BCUT2D eigenvalue weighted by Gasteiger charge is 2.11. The lowest BCUT2D eigenvalue weighted by molar-refractivity contribution is 1.18. The standard InChI is InChI=1S/C34H24N2/c1-2-10-29-24(8-1)9-7-13-30(29)25-16-18-26(19-17-25)35-27-20-22-28(23-21-27)36-33-14-5-3-11-31(33)32-12-4-6-15-34(32)36/h1-23,35H. The number of para-hydroxylation sites is 2. The Morgan fingerprint density at radius 3 is 1.61 bits per heavy atom. The molecule has 7 aromatic rings. The lowest BCUT2D eigenvalue weighted by Gasteiger charge is -2.12. The van der Waals surface area contributed by atoms with Crippen molar-refractivity contribution >= 4 is 44.0 Å². The van der Waals surface area contributed by atoms with E-state index < -0.39 is 0 Å². The number of nitrogens with zero attached hydrogens (tertiary/aromatic N) is 1. The lowest BCUT2D eigenvalue weighted by atomic mass is 9.98. The fraction of sp³-hybridized carbons (Fsp3) is 0. The first kappa shape index (κ1) is 20.5. The molecular weight excluding hydrogens is 436 g/mol. The third-order valence-electron chi connectivity index (χ3n) is 6.98. The first-order valence-electron chi connectivity index (χ1n) is 12.3. The van der Waals surface area contributed by atoms with E-state index in [0.29, 0.717) is 0 Å². The lowest BCUT2D eigenvalue weighted by Crippen LogP contribution is -1.95. The largest absolute Gasteiger partial charge is 0.356 e. The van der Waals surface area contributed by atoms with E-state index in [2.05, 4.69) is 149 Å². The molecule has 7 rings (SSSR count). The van der Waals surface area contributed by atoms with Crippen molar-refractivity contribution in [3.63, 3.8) is 0 Å². The van der Waals surface area contributed by atoms with Gasteiger partial charge in [-0.3, -0.25) is 0 Å². The normalized spacial score (nSPS) is 11.3. The summed E-state index contributed by atoms with van der Waals surface area (Å²) in [5.41, 5.74) is 8.23. The highest BCUT2D eigenvalue weighted by atomic mass is 15.0. The Morgan fingerprint density at radius 1 is 0.417 bits per heavy atom. The van der Waals surface area contributed by atoms with Gasteiger partial charge in [-0.1, -0.05) is 91.0 Å². The molecule has 6 aromatic carbocycles. The summed E-state index contributed by atoms with van der Waals surface area (Å²) >= 11 is 0. The molecule has 2 nitrogen and oxygen atoms in total. The zero-order chi connectivity index (χ0) is 23.9. The number of benzene rings is 6. The van der Waals surface area contributed by atoms with E-state index in [4.69, 9.17) is 0 Å². The van der Waals surface area contributed by atoms with Gasteiger partial charge in [-0.2, -0.15) is 0 Å². The minimum Gasteiger partial charge on any atom is -0.356 e. The fourth-order valence-electron chi connectivity index (χ4n) is 5.27. The van der Waals surface area contributed by atoms with Crippen molar-refractivity contribution < 1.29 is 0 Å². The van der Waals surface area contributed by atoms with Crippen LogP contribution >= 0.6 is 0 Å². The van der Waals surface area contributed by atoms with Crippen LogP contribution in [-0.4, -0.2) is 4.57 Å². The first-order valence-corrected chi connectivity index (χ1v) is 12.3. The van der Waals surface area contributed by atoms with Gasteiger partial charge in [0.2, 0.25) is 0 Å². The van der Waals surface area contributed by atoms with E-state index in [1.54, 1.807) is 0 Å². The van der Waals surface area contributed by atoms with Gasteiger partial charge < -0.3 is 9.88 Å². The summed E-state index contributed by atoms with van der Waals surface area (Å²) in [5, 5.41) is 8.66. The van der Waals surface area contributed by atoms with Crippen molar-refractivity contribution in [1.82, 2.24) is 4.57 Å². The van der Waals surface area contributed by atoms with Crippen molar-refractivity contribution in [2.24, 2.45) is 0 Å². The topological polar surface area (TPSA) is 17.0 Å².